The van der Waals surface area contributed by atoms with Crippen LogP contribution in [0.2, 0.25) is 0 Å². The molecule has 27 heavy (non-hydrogen) atoms. The third kappa shape index (κ3) is 4.33. The summed E-state index contributed by atoms with van der Waals surface area (Å²) in [6.45, 7) is 1.53. The normalized spacial score (nSPS) is 11.4. The van der Waals surface area contributed by atoms with E-state index in [9.17, 15) is 14.7 Å². The Labute approximate surface area is 157 Å². The number of Topliss-reactive ketones (excluding diaryl/α,β-unsaturated/α-hetero) is 1. The number of rotatable bonds is 5. The molecule has 0 aliphatic rings. The number of phenolic OH excluding ortho intramolecular Hbond substituents is 1. The minimum atomic E-state index is -0.975. The standard InChI is InChI=1S/C22H19NO4/c1-16(21(25)17-12-14-20(24)15-13-17)27-22(26)23(18-8-4-2-5-9-18)19-10-6-3-7-11-19/h2-16,24H,1H3. The van der Waals surface area contributed by atoms with Crippen LogP contribution in [0.25, 0.3) is 0 Å². The lowest BCUT2D eigenvalue weighted by Gasteiger charge is -2.24. The van der Waals surface area contributed by atoms with Gasteiger partial charge in [0.1, 0.15) is 5.75 Å². The molecule has 5 heteroatoms. The Balaban J connectivity index is 1.82. The number of aromatic hydroxyl groups is 1. The Morgan fingerprint density at radius 3 is 1.78 bits per heavy atom. The second-order valence-electron chi connectivity index (χ2n) is 5.94. The highest BCUT2D eigenvalue weighted by Crippen LogP contribution is 2.26. The molecule has 0 heterocycles. The summed E-state index contributed by atoms with van der Waals surface area (Å²) in [6, 6.07) is 24.0. The highest BCUT2D eigenvalue weighted by molar-refractivity contribution is 6.02. The van der Waals surface area contributed by atoms with Gasteiger partial charge in [0.05, 0.1) is 11.4 Å². The molecule has 136 valence electrons. The number of para-hydroxylation sites is 2. The van der Waals surface area contributed by atoms with E-state index in [1.54, 1.807) is 24.3 Å². The quantitative estimate of drug-likeness (QED) is 0.654. The van der Waals surface area contributed by atoms with E-state index >= 15 is 0 Å². The first-order chi connectivity index (χ1) is 13.1. The maximum atomic E-state index is 12.9. The molecule has 0 saturated carbocycles. The molecular formula is C22H19NO4. The van der Waals surface area contributed by atoms with Crippen molar-refractivity contribution in [3.8, 4) is 5.75 Å². The fourth-order valence-corrected chi connectivity index (χ4v) is 2.63. The van der Waals surface area contributed by atoms with Crippen molar-refractivity contribution in [1.82, 2.24) is 0 Å². The van der Waals surface area contributed by atoms with E-state index in [1.807, 2.05) is 36.4 Å². The Kier molecular flexibility index (Phi) is 5.52. The fraction of sp³-hybridized carbons (Fsp3) is 0.0909. The van der Waals surface area contributed by atoms with E-state index in [2.05, 4.69) is 0 Å². The van der Waals surface area contributed by atoms with Gasteiger partial charge in [-0.05, 0) is 55.5 Å². The molecular weight excluding hydrogens is 342 g/mol. The van der Waals surface area contributed by atoms with Crippen molar-refractivity contribution >= 4 is 23.3 Å². The van der Waals surface area contributed by atoms with Crippen LogP contribution in [-0.4, -0.2) is 23.1 Å². The number of hydrogen-bond acceptors (Lipinski definition) is 4. The molecule has 1 atom stereocenters. The van der Waals surface area contributed by atoms with Gasteiger partial charge in [-0.1, -0.05) is 36.4 Å². The van der Waals surface area contributed by atoms with Gasteiger partial charge in [-0.3, -0.25) is 4.79 Å². The number of carbonyl (C=O) groups is 2. The summed E-state index contributed by atoms with van der Waals surface area (Å²) in [5.41, 5.74) is 1.63. The average Bonchev–Trinajstić information content (AvgIpc) is 2.70. The molecule has 0 aliphatic heterocycles. The number of nitrogens with zero attached hydrogens (tertiary/aromatic N) is 1. The van der Waals surface area contributed by atoms with Crippen LogP contribution in [0.4, 0.5) is 16.2 Å². The molecule has 0 saturated heterocycles. The zero-order valence-corrected chi connectivity index (χ0v) is 14.8. The largest absolute Gasteiger partial charge is 0.508 e. The average molecular weight is 361 g/mol. The van der Waals surface area contributed by atoms with Crippen molar-refractivity contribution in [3.05, 3.63) is 90.5 Å². The van der Waals surface area contributed by atoms with Crippen LogP contribution in [-0.2, 0) is 4.74 Å². The van der Waals surface area contributed by atoms with Gasteiger partial charge in [-0.2, -0.15) is 0 Å². The van der Waals surface area contributed by atoms with Crippen LogP contribution in [0.3, 0.4) is 0 Å². The molecule has 1 unspecified atom stereocenters. The van der Waals surface area contributed by atoms with Gasteiger partial charge in [-0.25, -0.2) is 9.69 Å². The molecule has 0 aliphatic carbocycles. The second kappa shape index (κ2) is 8.19. The highest BCUT2D eigenvalue weighted by atomic mass is 16.6. The van der Waals surface area contributed by atoms with Gasteiger partial charge >= 0.3 is 6.09 Å². The van der Waals surface area contributed by atoms with Gasteiger partial charge in [0.15, 0.2) is 6.10 Å². The first kappa shape index (κ1) is 18.2. The first-order valence-electron chi connectivity index (χ1n) is 8.50. The number of amides is 1. The van der Waals surface area contributed by atoms with E-state index < -0.39 is 12.2 Å². The number of hydrogen-bond donors (Lipinski definition) is 1. The number of anilines is 2. The van der Waals surface area contributed by atoms with Gasteiger partial charge in [-0.15, -0.1) is 0 Å². The Bertz CT molecular complexity index is 869. The van der Waals surface area contributed by atoms with E-state index in [1.165, 1.54) is 36.1 Å². The highest BCUT2D eigenvalue weighted by Gasteiger charge is 2.25. The third-order valence-corrected chi connectivity index (χ3v) is 4.01. The van der Waals surface area contributed by atoms with E-state index in [-0.39, 0.29) is 11.5 Å². The maximum absolute atomic E-state index is 12.9. The van der Waals surface area contributed by atoms with Crippen LogP contribution in [0, 0.1) is 0 Å². The van der Waals surface area contributed by atoms with Crippen molar-refractivity contribution in [2.45, 2.75) is 13.0 Å². The van der Waals surface area contributed by atoms with Crippen LogP contribution < -0.4 is 4.90 Å². The molecule has 0 fully saturated rings. The number of carbonyl (C=O) groups excluding carboxylic acids is 2. The summed E-state index contributed by atoms with van der Waals surface area (Å²) < 4.78 is 5.44. The monoisotopic (exact) mass is 361 g/mol. The first-order valence-corrected chi connectivity index (χ1v) is 8.50. The summed E-state index contributed by atoms with van der Waals surface area (Å²) in [6.07, 6.45) is -1.62. The molecule has 3 rings (SSSR count). The predicted molar refractivity (Wildman–Crippen MR) is 103 cm³/mol. The SMILES string of the molecule is CC(OC(=O)N(c1ccccc1)c1ccccc1)C(=O)c1ccc(O)cc1. The van der Waals surface area contributed by atoms with E-state index in [0.717, 1.165) is 0 Å². The van der Waals surface area contributed by atoms with Crippen LogP contribution >= 0.6 is 0 Å². The minimum absolute atomic E-state index is 0.0653. The molecule has 1 amide bonds. The number of ether oxygens (including phenoxy) is 1. The van der Waals surface area contributed by atoms with Crippen molar-refractivity contribution in [2.24, 2.45) is 0 Å². The predicted octanol–water partition coefficient (Wildman–Crippen LogP) is 4.94. The Hall–Kier alpha value is -3.60. The molecule has 0 bridgehead atoms. The molecule has 0 aromatic heterocycles. The smallest absolute Gasteiger partial charge is 0.419 e. The molecule has 0 radical (unpaired) electrons. The lowest BCUT2D eigenvalue weighted by atomic mass is 10.1. The van der Waals surface area contributed by atoms with Crippen LogP contribution in [0.15, 0.2) is 84.9 Å². The van der Waals surface area contributed by atoms with E-state index in [0.29, 0.717) is 16.9 Å². The number of ketones is 1. The summed E-state index contributed by atoms with van der Waals surface area (Å²) in [5, 5.41) is 9.34. The molecule has 3 aromatic rings. The fourth-order valence-electron chi connectivity index (χ4n) is 2.63. The lowest BCUT2D eigenvalue weighted by Crippen LogP contribution is -2.33. The number of phenols is 1. The maximum Gasteiger partial charge on any atom is 0.419 e. The minimum Gasteiger partial charge on any atom is -0.508 e. The van der Waals surface area contributed by atoms with Gasteiger partial charge < -0.3 is 9.84 Å². The van der Waals surface area contributed by atoms with E-state index in [4.69, 9.17) is 4.74 Å². The van der Waals surface area contributed by atoms with Gasteiger partial charge in [0.2, 0.25) is 5.78 Å². The summed E-state index contributed by atoms with van der Waals surface area (Å²) in [7, 11) is 0. The molecule has 0 spiro atoms. The topological polar surface area (TPSA) is 66.8 Å². The van der Waals surface area contributed by atoms with Crippen molar-refractivity contribution in [3.63, 3.8) is 0 Å². The van der Waals surface area contributed by atoms with Crippen LogP contribution in [0.5, 0.6) is 5.75 Å². The lowest BCUT2D eigenvalue weighted by molar-refractivity contribution is 0.0695. The Morgan fingerprint density at radius 1 is 0.815 bits per heavy atom. The zero-order valence-electron chi connectivity index (χ0n) is 14.8. The van der Waals surface area contributed by atoms with Gasteiger partial charge in [0, 0.05) is 5.56 Å². The second-order valence-corrected chi connectivity index (χ2v) is 5.94. The van der Waals surface area contributed by atoms with Crippen LogP contribution in [0.1, 0.15) is 17.3 Å². The number of benzene rings is 3. The van der Waals surface area contributed by atoms with Crippen molar-refractivity contribution < 1.29 is 19.4 Å². The van der Waals surface area contributed by atoms with Gasteiger partial charge in [0.25, 0.3) is 0 Å². The third-order valence-electron chi connectivity index (χ3n) is 4.01. The molecule has 1 N–H and O–H groups in total. The molecule has 5 nitrogen and oxygen atoms in total. The van der Waals surface area contributed by atoms with Crippen molar-refractivity contribution in [2.75, 3.05) is 4.90 Å². The zero-order chi connectivity index (χ0) is 19.2. The molecule has 3 aromatic carbocycles. The van der Waals surface area contributed by atoms with Crippen molar-refractivity contribution in [1.29, 1.82) is 0 Å². The summed E-state index contributed by atoms with van der Waals surface area (Å²) >= 11 is 0. The Morgan fingerprint density at radius 2 is 1.30 bits per heavy atom. The summed E-state index contributed by atoms with van der Waals surface area (Å²) in [5.74, 6) is -0.278. The summed E-state index contributed by atoms with van der Waals surface area (Å²) in [4.78, 5) is 26.8.